The van der Waals surface area contributed by atoms with Crippen LogP contribution in [0.4, 0.5) is 5.82 Å². The van der Waals surface area contributed by atoms with Gasteiger partial charge in [0.25, 0.3) is 0 Å². The van der Waals surface area contributed by atoms with Gasteiger partial charge in [-0.25, -0.2) is 4.98 Å². The summed E-state index contributed by atoms with van der Waals surface area (Å²) in [5.41, 5.74) is 1.10. The van der Waals surface area contributed by atoms with Gasteiger partial charge in [-0.3, -0.25) is 4.79 Å². The van der Waals surface area contributed by atoms with Gasteiger partial charge < -0.3 is 15.0 Å². The van der Waals surface area contributed by atoms with Gasteiger partial charge >= 0.3 is 5.97 Å². The molecule has 0 radical (unpaired) electrons. The molecule has 74 valence electrons. The van der Waals surface area contributed by atoms with Crippen LogP contribution in [-0.4, -0.2) is 27.2 Å². The number of fused-ring (bicyclic) bond motifs is 3. The molecule has 5 nitrogen and oxygen atoms in total. The van der Waals surface area contributed by atoms with Crippen molar-refractivity contribution in [3.05, 3.63) is 11.5 Å². The number of rotatable bonds is 1. The lowest BCUT2D eigenvalue weighted by Crippen LogP contribution is -2.15. The average molecular weight is 193 g/mol. The molecule has 2 aliphatic rings. The van der Waals surface area contributed by atoms with Gasteiger partial charge in [-0.2, -0.15) is 0 Å². The van der Waals surface area contributed by atoms with Gasteiger partial charge in [0.1, 0.15) is 11.6 Å². The van der Waals surface area contributed by atoms with E-state index in [2.05, 4.69) is 10.3 Å². The van der Waals surface area contributed by atoms with Gasteiger partial charge in [-0.1, -0.05) is 0 Å². The van der Waals surface area contributed by atoms with Crippen LogP contribution in [0.25, 0.3) is 0 Å². The van der Waals surface area contributed by atoms with E-state index < -0.39 is 5.97 Å². The van der Waals surface area contributed by atoms with E-state index in [1.807, 2.05) is 4.57 Å². The molecule has 0 saturated heterocycles. The molecule has 1 atom stereocenters. The topological polar surface area (TPSA) is 67.1 Å². The molecule has 0 spiro atoms. The number of carboxylic acid groups (broad SMARTS) is 1. The molecule has 1 aromatic heterocycles. The number of nitrogens with zero attached hydrogens (tertiary/aromatic N) is 2. The van der Waals surface area contributed by atoms with Gasteiger partial charge in [0.2, 0.25) is 0 Å². The van der Waals surface area contributed by atoms with E-state index in [9.17, 15) is 4.79 Å². The summed E-state index contributed by atoms with van der Waals surface area (Å²) in [5, 5.41) is 12.1. The second kappa shape index (κ2) is 2.50. The van der Waals surface area contributed by atoms with Crippen LogP contribution in [0.1, 0.15) is 11.5 Å². The Morgan fingerprint density at radius 1 is 1.64 bits per heavy atom. The van der Waals surface area contributed by atoms with Gasteiger partial charge in [-0.15, -0.1) is 0 Å². The Hall–Kier alpha value is -1.52. The Morgan fingerprint density at radius 3 is 3.29 bits per heavy atom. The molecule has 5 heteroatoms. The Balaban J connectivity index is 1.97. The number of hydrogen-bond acceptors (Lipinski definition) is 3. The Labute approximate surface area is 80.8 Å². The van der Waals surface area contributed by atoms with Crippen molar-refractivity contribution in [1.29, 1.82) is 0 Å². The van der Waals surface area contributed by atoms with E-state index in [4.69, 9.17) is 5.11 Å². The maximum absolute atomic E-state index is 10.8. The second-order valence-electron chi connectivity index (χ2n) is 3.85. The van der Waals surface area contributed by atoms with Crippen LogP contribution in [-0.2, 0) is 24.2 Å². The van der Waals surface area contributed by atoms with E-state index in [1.165, 1.54) is 0 Å². The maximum atomic E-state index is 10.8. The van der Waals surface area contributed by atoms with Crippen molar-refractivity contribution in [1.82, 2.24) is 9.55 Å². The van der Waals surface area contributed by atoms with Gasteiger partial charge in [0, 0.05) is 25.9 Å². The second-order valence-corrected chi connectivity index (χ2v) is 3.85. The van der Waals surface area contributed by atoms with Crippen molar-refractivity contribution in [2.45, 2.75) is 19.4 Å². The molecule has 1 aromatic rings. The molecule has 0 amide bonds. The minimum Gasteiger partial charge on any atom is -0.481 e. The fraction of sp³-hybridized carbons (Fsp3) is 0.556. The monoisotopic (exact) mass is 193 g/mol. The summed E-state index contributed by atoms with van der Waals surface area (Å²) in [6.45, 7) is 1.50. The van der Waals surface area contributed by atoms with E-state index in [-0.39, 0.29) is 5.92 Å². The summed E-state index contributed by atoms with van der Waals surface area (Å²) in [7, 11) is 0. The fourth-order valence-electron chi connectivity index (χ4n) is 2.25. The molecule has 0 saturated carbocycles. The summed E-state index contributed by atoms with van der Waals surface area (Å²) in [5.74, 6) is 0.964. The number of imidazole rings is 1. The zero-order valence-corrected chi connectivity index (χ0v) is 7.66. The molecule has 0 bridgehead atoms. The molecule has 3 rings (SSSR count). The molecule has 14 heavy (non-hydrogen) atoms. The van der Waals surface area contributed by atoms with E-state index in [0.717, 1.165) is 30.3 Å². The largest absolute Gasteiger partial charge is 0.481 e. The summed E-state index contributed by atoms with van der Waals surface area (Å²) in [6.07, 6.45) is 1.54. The molecule has 0 aliphatic carbocycles. The first-order chi connectivity index (χ1) is 6.75. The number of carboxylic acids is 1. The molecule has 2 N–H and O–H groups in total. The Morgan fingerprint density at radius 2 is 2.50 bits per heavy atom. The zero-order valence-electron chi connectivity index (χ0n) is 7.66. The van der Waals surface area contributed by atoms with E-state index in [1.54, 1.807) is 0 Å². The van der Waals surface area contributed by atoms with Crippen molar-refractivity contribution in [3.8, 4) is 0 Å². The standard InChI is InChI=1S/C9H11N3O2/c13-9(14)5-3-7-11-6-1-2-10-8(6)12(7)4-5/h5,10H,1-4H2,(H,13,14). The first-order valence-corrected chi connectivity index (χ1v) is 4.80. The third-order valence-corrected chi connectivity index (χ3v) is 2.95. The number of aromatic nitrogens is 2. The lowest BCUT2D eigenvalue weighted by molar-refractivity contribution is -0.141. The van der Waals surface area contributed by atoms with Crippen LogP contribution in [0, 0.1) is 5.92 Å². The molecule has 0 fully saturated rings. The van der Waals surface area contributed by atoms with Crippen molar-refractivity contribution in [3.63, 3.8) is 0 Å². The van der Waals surface area contributed by atoms with Crippen molar-refractivity contribution in [2.75, 3.05) is 11.9 Å². The lowest BCUT2D eigenvalue weighted by atomic mass is 10.1. The smallest absolute Gasteiger partial charge is 0.308 e. The number of carbonyl (C=O) groups is 1. The summed E-state index contributed by atoms with van der Waals surface area (Å²) in [4.78, 5) is 15.2. The molecular formula is C9H11N3O2. The highest BCUT2D eigenvalue weighted by molar-refractivity contribution is 5.71. The number of anilines is 1. The van der Waals surface area contributed by atoms with Gasteiger partial charge in [0.05, 0.1) is 11.6 Å². The normalized spacial score (nSPS) is 23.0. The fourth-order valence-corrected chi connectivity index (χ4v) is 2.25. The first-order valence-electron chi connectivity index (χ1n) is 4.80. The van der Waals surface area contributed by atoms with Crippen molar-refractivity contribution < 1.29 is 9.90 Å². The SMILES string of the molecule is O=C(O)C1Cc2nc3c(n2C1)NCC3. The number of nitrogens with one attached hydrogen (secondary N) is 1. The average Bonchev–Trinajstić information content (AvgIpc) is 2.70. The third-order valence-electron chi connectivity index (χ3n) is 2.95. The zero-order chi connectivity index (χ0) is 9.71. The highest BCUT2D eigenvalue weighted by Gasteiger charge is 2.32. The molecular weight excluding hydrogens is 182 g/mol. The predicted octanol–water partition coefficient (Wildman–Crippen LogP) is 0.108. The third kappa shape index (κ3) is 0.893. The van der Waals surface area contributed by atoms with E-state index in [0.29, 0.717) is 13.0 Å². The molecule has 0 aromatic carbocycles. The van der Waals surface area contributed by atoms with Crippen LogP contribution in [0.2, 0.25) is 0 Å². The first kappa shape index (κ1) is 7.84. The molecule has 2 aliphatic heterocycles. The lowest BCUT2D eigenvalue weighted by Gasteiger charge is -2.04. The summed E-state index contributed by atoms with van der Waals surface area (Å²) in [6, 6.07) is 0. The highest BCUT2D eigenvalue weighted by atomic mass is 16.4. The van der Waals surface area contributed by atoms with Crippen LogP contribution in [0.15, 0.2) is 0 Å². The van der Waals surface area contributed by atoms with Crippen molar-refractivity contribution in [2.24, 2.45) is 5.92 Å². The van der Waals surface area contributed by atoms with Crippen molar-refractivity contribution >= 4 is 11.8 Å². The number of aliphatic carboxylic acids is 1. The van der Waals surface area contributed by atoms with E-state index >= 15 is 0 Å². The van der Waals surface area contributed by atoms with Gasteiger partial charge in [-0.05, 0) is 0 Å². The Bertz CT molecular complexity index is 410. The van der Waals surface area contributed by atoms with Crippen LogP contribution in [0.3, 0.4) is 0 Å². The maximum Gasteiger partial charge on any atom is 0.308 e. The number of hydrogen-bond donors (Lipinski definition) is 2. The minimum atomic E-state index is -0.720. The predicted molar refractivity (Wildman–Crippen MR) is 49.3 cm³/mol. The molecule has 3 heterocycles. The van der Waals surface area contributed by atoms with Crippen LogP contribution in [0.5, 0.6) is 0 Å². The van der Waals surface area contributed by atoms with Crippen LogP contribution < -0.4 is 5.32 Å². The minimum absolute atomic E-state index is 0.287. The Kier molecular flexibility index (Phi) is 1.40. The highest BCUT2D eigenvalue weighted by Crippen LogP contribution is 2.30. The quantitative estimate of drug-likeness (QED) is 0.664. The molecule has 1 unspecified atom stereocenters. The van der Waals surface area contributed by atoms with Crippen LogP contribution >= 0.6 is 0 Å². The summed E-state index contributed by atoms with van der Waals surface area (Å²) >= 11 is 0. The van der Waals surface area contributed by atoms with Gasteiger partial charge in [0.15, 0.2) is 0 Å². The summed E-state index contributed by atoms with van der Waals surface area (Å²) < 4.78 is 2.01.